The summed E-state index contributed by atoms with van der Waals surface area (Å²) in [4.78, 5) is 3.76. The molecule has 2 rings (SSSR count). The van der Waals surface area contributed by atoms with Crippen LogP contribution in [-0.2, 0) is 0 Å². The number of nitrogens with one attached hydrogen (secondary N) is 1. The molecular weight excluding hydrogens is 154 g/mol. The van der Waals surface area contributed by atoms with Gasteiger partial charge in [0.25, 0.3) is 0 Å². The Hall–Kier alpha value is -1.13. The van der Waals surface area contributed by atoms with Gasteiger partial charge in [-0.3, -0.25) is 0 Å². The van der Waals surface area contributed by atoms with Crippen molar-refractivity contribution in [1.82, 2.24) is 10.3 Å². The number of nitrogen functional groups attached to an aromatic ring is 1. The predicted molar refractivity (Wildman–Crippen MR) is 47.5 cm³/mol. The second-order valence-corrected chi connectivity index (χ2v) is 2.57. The lowest BCUT2D eigenvalue weighted by Gasteiger charge is -2.20. The maximum Gasteiger partial charge on any atom is 0.123 e. The normalized spacial score (nSPS) is 15.8. The van der Waals surface area contributed by atoms with Crippen LogP contribution in [0.1, 0.15) is 0 Å². The standard InChI is InChI=1S/C5H6N2.C3H7NO/c6-5-3-1-2-4-7-5;5-3-1-4-2-3/h1-4H,(H2,6,7);3-5H,1-2H2. The minimum absolute atomic E-state index is 0.0463. The lowest BCUT2D eigenvalue weighted by Crippen LogP contribution is -2.46. The Morgan fingerprint density at radius 3 is 2.33 bits per heavy atom. The Morgan fingerprint density at radius 1 is 1.50 bits per heavy atom. The SMILES string of the molecule is Nc1ccccn1.OC1CNC1. The third kappa shape index (κ3) is 3.32. The molecule has 2 heterocycles. The molecule has 1 aliphatic rings. The summed E-state index contributed by atoms with van der Waals surface area (Å²) in [5.74, 6) is 0.572. The van der Waals surface area contributed by atoms with Crippen molar-refractivity contribution in [1.29, 1.82) is 0 Å². The Labute approximate surface area is 71.4 Å². The summed E-state index contributed by atoms with van der Waals surface area (Å²) in [6.45, 7) is 1.58. The van der Waals surface area contributed by atoms with Crippen LogP contribution < -0.4 is 11.1 Å². The second kappa shape index (κ2) is 4.69. The minimum atomic E-state index is -0.0463. The molecule has 1 saturated heterocycles. The molecule has 1 fully saturated rings. The fourth-order valence-electron chi connectivity index (χ4n) is 0.649. The number of hydrogen-bond donors (Lipinski definition) is 3. The average Bonchev–Trinajstić information content (AvgIpc) is 2.04. The van der Waals surface area contributed by atoms with Gasteiger partial charge in [0.2, 0.25) is 0 Å². The Balaban J connectivity index is 0.000000127. The Bertz CT molecular complexity index is 211. The third-order valence-corrected chi connectivity index (χ3v) is 1.45. The number of β-amino-alcohol motifs (C(OH)–C–C–N with tert-alkyl or cyclic N) is 1. The van der Waals surface area contributed by atoms with Gasteiger partial charge in [0.15, 0.2) is 0 Å². The van der Waals surface area contributed by atoms with Crippen LogP contribution in [0.15, 0.2) is 24.4 Å². The summed E-state index contributed by atoms with van der Waals surface area (Å²) < 4.78 is 0. The summed E-state index contributed by atoms with van der Waals surface area (Å²) in [6, 6.07) is 5.43. The first kappa shape index (κ1) is 8.96. The maximum atomic E-state index is 8.39. The number of nitrogens with zero attached hydrogens (tertiary/aromatic N) is 1. The average molecular weight is 167 g/mol. The van der Waals surface area contributed by atoms with E-state index in [0.29, 0.717) is 5.82 Å². The molecule has 0 saturated carbocycles. The van der Waals surface area contributed by atoms with Crippen molar-refractivity contribution in [3.63, 3.8) is 0 Å². The Morgan fingerprint density at radius 2 is 2.17 bits per heavy atom. The third-order valence-electron chi connectivity index (χ3n) is 1.45. The van der Waals surface area contributed by atoms with Crippen molar-refractivity contribution in [3.05, 3.63) is 24.4 Å². The molecule has 1 aliphatic heterocycles. The van der Waals surface area contributed by atoms with Crippen molar-refractivity contribution in [3.8, 4) is 0 Å². The Kier molecular flexibility index (Phi) is 3.50. The zero-order chi connectivity index (χ0) is 8.81. The number of aromatic nitrogens is 1. The predicted octanol–water partition coefficient (Wildman–Crippen LogP) is -0.386. The van der Waals surface area contributed by atoms with Crippen molar-refractivity contribution in [2.24, 2.45) is 0 Å². The fourth-order valence-corrected chi connectivity index (χ4v) is 0.649. The lowest BCUT2D eigenvalue weighted by atomic mass is 10.2. The number of rotatable bonds is 0. The van der Waals surface area contributed by atoms with E-state index in [1.807, 2.05) is 12.1 Å². The summed E-state index contributed by atoms with van der Waals surface area (Å²) >= 11 is 0. The number of aliphatic hydroxyl groups is 1. The lowest BCUT2D eigenvalue weighted by molar-refractivity contribution is 0.117. The highest BCUT2D eigenvalue weighted by Crippen LogP contribution is 1.89. The van der Waals surface area contributed by atoms with Gasteiger partial charge in [-0.2, -0.15) is 0 Å². The van der Waals surface area contributed by atoms with Gasteiger partial charge in [-0.05, 0) is 12.1 Å². The van der Waals surface area contributed by atoms with Gasteiger partial charge in [-0.15, -0.1) is 0 Å². The molecular formula is C8H13N3O. The van der Waals surface area contributed by atoms with E-state index >= 15 is 0 Å². The molecule has 1 aromatic rings. The van der Waals surface area contributed by atoms with Crippen molar-refractivity contribution in [2.45, 2.75) is 6.10 Å². The molecule has 1 aromatic heterocycles. The van der Waals surface area contributed by atoms with Crippen molar-refractivity contribution in [2.75, 3.05) is 18.8 Å². The largest absolute Gasteiger partial charge is 0.390 e. The van der Waals surface area contributed by atoms with E-state index < -0.39 is 0 Å². The van der Waals surface area contributed by atoms with Crippen LogP contribution >= 0.6 is 0 Å². The second-order valence-electron chi connectivity index (χ2n) is 2.57. The van der Waals surface area contributed by atoms with Gasteiger partial charge in [0, 0.05) is 19.3 Å². The number of aliphatic hydroxyl groups excluding tert-OH is 1. The smallest absolute Gasteiger partial charge is 0.123 e. The zero-order valence-corrected chi connectivity index (χ0v) is 6.77. The van der Waals surface area contributed by atoms with Crippen molar-refractivity contribution >= 4 is 5.82 Å². The van der Waals surface area contributed by atoms with Gasteiger partial charge in [-0.1, -0.05) is 6.07 Å². The van der Waals surface area contributed by atoms with E-state index in [1.54, 1.807) is 12.3 Å². The van der Waals surface area contributed by atoms with Crippen LogP contribution in [0.5, 0.6) is 0 Å². The van der Waals surface area contributed by atoms with Crippen LogP contribution in [0.3, 0.4) is 0 Å². The zero-order valence-electron chi connectivity index (χ0n) is 6.77. The minimum Gasteiger partial charge on any atom is -0.390 e. The molecule has 0 bridgehead atoms. The molecule has 0 spiro atoms. The molecule has 4 N–H and O–H groups in total. The van der Waals surface area contributed by atoms with Gasteiger partial charge in [0.1, 0.15) is 5.82 Å². The van der Waals surface area contributed by atoms with Gasteiger partial charge < -0.3 is 16.2 Å². The number of pyridine rings is 1. The van der Waals surface area contributed by atoms with Crippen LogP contribution in [0.4, 0.5) is 5.82 Å². The molecule has 12 heavy (non-hydrogen) atoms. The van der Waals surface area contributed by atoms with Crippen LogP contribution in [0.2, 0.25) is 0 Å². The van der Waals surface area contributed by atoms with E-state index in [9.17, 15) is 0 Å². The maximum absolute atomic E-state index is 8.39. The van der Waals surface area contributed by atoms with Crippen molar-refractivity contribution < 1.29 is 5.11 Å². The highest BCUT2D eigenvalue weighted by Gasteiger charge is 2.10. The summed E-state index contributed by atoms with van der Waals surface area (Å²) in [5.41, 5.74) is 5.25. The molecule has 0 aliphatic carbocycles. The quantitative estimate of drug-likeness (QED) is 0.492. The van der Waals surface area contributed by atoms with Crippen LogP contribution in [-0.4, -0.2) is 29.3 Å². The molecule has 0 amide bonds. The topological polar surface area (TPSA) is 71.2 Å². The first-order valence-electron chi connectivity index (χ1n) is 3.84. The summed E-state index contributed by atoms with van der Waals surface area (Å²) in [7, 11) is 0. The number of anilines is 1. The van der Waals surface area contributed by atoms with Gasteiger partial charge in [-0.25, -0.2) is 4.98 Å². The van der Waals surface area contributed by atoms with E-state index in [1.165, 1.54) is 0 Å². The molecule has 0 unspecified atom stereocenters. The highest BCUT2D eigenvalue weighted by molar-refractivity contribution is 5.25. The first-order valence-corrected chi connectivity index (χ1v) is 3.84. The van der Waals surface area contributed by atoms with Gasteiger partial charge in [0.05, 0.1) is 6.10 Å². The number of hydrogen-bond acceptors (Lipinski definition) is 4. The van der Waals surface area contributed by atoms with Gasteiger partial charge >= 0.3 is 0 Å². The van der Waals surface area contributed by atoms with Crippen LogP contribution in [0, 0.1) is 0 Å². The van der Waals surface area contributed by atoms with Crippen LogP contribution in [0.25, 0.3) is 0 Å². The summed E-state index contributed by atoms with van der Waals surface area (Å²) in [6.07, 6.45) is 1.62. The monoisotopic (exact) mass is 167 g/mol. The number of nitrogens with two attached hydrogens (primary N) is 1. The highest BCUT2D eigenvalue weighted by atomic mass is 16.3. The molecule has 0 radical (unpaired) electrons. The molecule has 4 heteroatoms. The summed E-state index contributed by atoms with van der Waals surface area (Å²) in [5, 5.41) is 11.3. The molecule has 0 aromatic carbocycles. The fraction of sp³-hybridized carbons (Fsp3) is 0.375. The van der Waals surface area contributed by atoms with E-state index in [2.05, 4.69) is 10.3 Å². The molecule has 0 atom stereocenters. The molecule has 4 nitrogen and oxygen atoms in total. The van der Waals surface area contributed by atoms with E-state index in [-0.39, 0.29) is 6.10 Å². The molecule has 66 valence electrons. The van der Waals surface area contributed by atoms with E-state index in [0.717, 1.165) is 13.1 Å². The van der Waals surface area contributed by atoms with E-state index in [4.69, 9.17) is 10.8 Å². The first-order chi connectivity index (χ1) is 5.79.